The number of unbranched alkanes of at least 4 members (excludes halogenated alkanes) is 1. The van der Waals surface area contributed by atoms with Crippen LogP contribution in [-0.2, 0) is 16.1 Å². The lowest BCUT2D eigenvalue weighted by Gasteiger charge is -2.13. The van der Waals surface area contributed by atoms with E-state index in [1.54, 1.807) is 6.92 Å². The SMILES string of the molecule is CCCCn1nc(C)c(C(=O)O[C@@H](C)C(=O)Nc2ccc(F)c(F)c2)c1Cl. The lowest BCUT2D eigenvalue weighted by molar-refractivity contribution is -0.123. The Kier molecular flexibility index (Phi) is 6.90. The highest BCUT2D eigenvalue weighted by molar-refractivity contribution is 6.32. The number of benzene rings is 1. The third kappa shape index (κ3) is 5.03. The molecule has 1 amide bonds. The predicted molar refractivity (Wildman–Crippen MR) is 96.7 cm³/mol. The van der Waals surface area contributed by atoms with E-state index in [1.165, 1.54) is 17.7 Å². The number of carbonyl (C=O) groups excluding carboxylic acids is 2. The number of amides is 1. The van der Waals surface area contributed by atoms with Gasteiger partial charge in [0.1, 0.15) is 10.7 Å². The van der Waals surface area contributed by atoms with Crippen molar-refractivity contribution in [2.45, 2.75) is 46.3 Å². The molecule has 2 aromatic rings. The molecule has 1 heterocycles. The van der Waals surface area contributed by atoms with Gasteiger partial charge in [-0.05, 0) is 32.4 Å². The van der Waals surface area contributed by atoms with Crippen LogP contribution in [0.5, 0.6) is 0 Å². The van der Waals surface area contributed by atoms with Crippen molar-refractivity contribution < 1.29 is 23.1 Å². The maximum absolute atomic E-state index is 13.2. The molecule has 0 saturated carbocycles. The van der Waals surface area contributed by atoms with Gasteiger partial charge in [-0.25, -0.2) is 13.6 Å². The molecule has 0 unspecified atom stereocenters. The molecule has 2 rings (SSSR count). The highest BCUT2D eigenvalue weighted by atomic mass is 35.5. The second-order valence-electron chi connectivity index (χ2n) is 5.99. The molecule has 0 fully saturated rings. The molecule has 27 heavy (non-hydrogen) atoms. The number of rotatable bonds is 7. The van der Waals surface area contributed by atoms with Gasteiger partial charge in [0.2, 0.25) is 0 Å². The summed E-state index contributed by atoms with van der Waals surface area (Å²) in [6.07, 6.45) is 0.610. The van der Waals surface area contributed by atoms with Crippen molar-refractivity contribution in [2.75, 3.05) is 5.32 Å². The lowest BCUT2D eigenvalue weighted by atomic mass is 10.2. The Labute approximate surface area is 160 Å². The maximum atomic E-state index is 13.2. The number of ether oxygens (including phenoxy) is 1. The number of anilines is 1. The van der Waals surface area contributed by atoms with E-state index in [1.807, 2.05) is 6.92 Å². The molecule has 9 heteroatoms. The Morgan fingerprint density at radius 3 is 2.67 bits per heavy atom. The number of halogens is 3. The Bertz CT molecular complexity index is 855. The van der Waals surface area contributed by atoms with E-state index in [4.69, 9.17) is 16.3 Å². The van der Waals surface area contributed by atoms with Gasteiger partial charge in [-0.3, -0.25) is 9.48 Å². The van der Waals surface area contributed by atoms with Crippen molar-refractivity contribution in [1.82, 2.24) is 9.78 Å². The van der Waals surface area contributed by atoms with Crippen molar-refractivity contribution in [1.29, 1.82) is 0 Å². The third-order valence-electron chi connectivity index (χ3n) is 3.83. The van der Waals surface area contributed by atoms with Crippen LogP contribution in [-0.4, -0.2) is 27.8 Å². The molecular weight excluding hydrogens is 380 g/mol. The highest BCUT2D eigenvalue weighted by Crippen LogP contribution is 2.22. The van der Waals surface area contributed by atoms with Gasteiger partial charge in [0, 0.05) is 18.3 Å². The van der Waals surface area contributed by atoms with Crippen molar-refractivity contribution in [2.24, 2.45) is 0 Å². The summed E-state index contributed by atoms with van der Waals surface area (Å²) in [5, 5.41) is 6.72. The summed E-state index contributed by atoms with van der Waals surface area (Å²) < 4.78 is 32.8. The smallest absolute Gasteiger partial charge is 0.343 e. The highest BCUT2D eigenvalue weighted by Gasteiger charge is 2.25. The molecule has 1 aromatic heterocycles. The lowest BCUT2D eigenvalue weighted by Crippen LogP contribution is -2.30. The van der Waals surface area contributed by atoms with E-state index in [0.717, 1.165) is 25.0 Å². The van der Waals surface area contributed by atoms with Crippen LogP contribution in [0.2, 0.25) is 5.15 Å². The Morgan fingerprint density at radius 2 is 2.04 bits per heavy atom. The summed E-state index contributed by atoms with van der Waals surface area (Å²) in [4.78, 5) is 24.5. The fourth-order valence-corrected chi connectivity index (χ4v) is 2.67. The summed E-state index contributed by atoms with van der Waals surface area (Å²) in [5.41, 5.74) is 0.540. The normalized spacial score (nSPS) is 11.9. The largest absolute Gasteiger partial charge is 0.449 e. The van der Waals surface area contributed by atoms with Crippen LogP contribution in [0, 0.1) is 18.6 Å². The molecule has 0 aliphatic heterocycles. The van der Waals surface area contributed by atoms with E-state index in [9.17, 15) is 18.4 Å². The molecule has 1 aromatic carbocycles. The fourth-order valence-electron chi connectivity index (χ4n) is 2.33. The molecule has 0 saturated heterocycles. The van der Waals surface area contributed by atoms with E-state index in [2.05, 4.69) is 10.4 Å². The predicted octanol–water partition coefficient (Wildman–Crippen LogP) is 4.11. The summed E-state index contributed by atoms with van der Waals surface area (Å²) in [5.74, 6) is -3.60. The Morgan fingerprint density at radius 1 is 1.33 bits per heavy atom. The first kappa shape index (κ1) is 20.8. The summed E-state index contributed by atoms with van der Waals surface area (Å²) in [7, 11) is 0. The number of esters is 1. The van der Waals surface area contributed by atoms with E-state index >= 15 is 0 Å². The number of aryl methyl sites for hydroxylation is 2. The first-order valence-corrected chi connectivity index (χ1v) is 8.82. The Balaban J connectivity index is 2.05. The van der Waals surface area contributed by atoms with Gasteiger partial charge in [-0.2, -0.15) is 5.10 Å². The third-order valence-corrected chi connectivity index (χ3v) is 4.22. The van der Waals surface area contributed by atoms with Crippen molar-refractivity contribution >= 4 is 29.2 Å². The number of hydrogen-bond acceptors (Lipinski definition) is 4. The van der Waals surface area contributed by atoms with Crippen LogP contribution in [0.15, 0.2) is 18.2 Å². The fraction of sp³-hybridized carbons (Fsp3) is 0.389. The Hall–Kier alpha value is -2.48. The van der Waals surface area contributed by atoms with Crippen molar-refractivity contribution in [3.8, 4) is 0 Å². The standard InChI is InChI=1S/C18H20ClF2N3O3/c1-4-5-8-24-16(19)15(10(2)23-24)18(26)27-11(3)17(25)22-12-6-7-13(20)14(21)9-12/h6-7,9,11H,4-5,8H2,1-3H3,(H,22,25)/t11-/m0/s1. The van der Waals surface area contributed by atoms with Crippen LogP contribution in [0.1, 0.15) is 42.7 Å². The molecule has 146 valence electrons. The second-order valence-corrected chi connectivity index (χ2v) is 6.35. The van der Waals surface area contributed by atoms with Gasteiger partial charge in [-0.1, -0.05) is 24.9 Å². The maximum Gasteiger partial charge on any atom is 0.343 e. The molecule has 0 aliphatic rings. The minimum atomic E-state index is -1.18. The van der Waals surface area contributed by atoms with Gasteiger partial charge >= 0.3 is 5.97 Å². The quantitative estimate of drug-likeness (QED) is 0.711. The van der Waals surface area contributed by atoms with Crippen LogP contribution in [0.3, 0.4) is 0 Å². The van der Waals surface area contributed by atoms with E-state index in [0.29, 0.717) is 12.2 Å². The summed E-state index contributed by atoms with van der Waals surface area (Å²) >= 11 is 6.21. The molecule has 0 spiro atoms. The van der Waals surface area contributed by atoms with Gasteiger partial charge in [0.05, 0.1) is 5.69 Å². The zero-order valence-electron chi connectivity index (χ0n) is 15.2. The first-order valence-electron chi connectivity index (χ1n) is 8.44. The number of nitrogens with one attached hydrogen (secondary N) is 1. The number of carbonyl (C=O) groups is 2. The minimum absolute atomic E-state index is 0.0448. The monoisotopic (exact) mass is 399 g/mol. The molecule has 0 aliphatic carbocycles. The van der Waals surface area contributed by atoms with Gasteiger partial charge in [0.25, 0.3) is 5.91 Å². The average molecular weight is 400 g/mol. The first-order chi connectivity index (χ1) is 12.7. The second kappa shape index (κ2) is 8.94. The summed E-state index contributed by atoms with van der Waals surface area (Å²) in [6, 6.07) is 2.92. The molecular formula is C18H20ClF2N3O3. The number of nitrogens with zero attached hydrogens (tertiary/aromatic N) is 2. The van der Waals surface area contributed by atoms with Gasteiger partial charge in [0.15, 0.2) is 17.7 Å². The van der Waals surface area contributed by atoms with Crippen LogP contribution < -0.4 is 5.32 Å². The minimum Gasteiger partial charge on any atom is -0.449 e. The topological polar surface area (TPSA) is 73.2 Å². The van der Waals surface area contributed by atoms with Crippen LogP contribution >= 0.6 is 11.6 Å². The van der Waals surface area contributed by atoms with E-state index < -0.39 is 29.6 Å². The molecule has 0 radical (unpaired) electrons. The van der Waals surface area contributed by atoms with Crippen LogP contribution in [0.4, 0.5) is 14.5 Å². The number of hydrogen-bond donors (Lipinski definition) is 1. The van der Waals surface area contributed by atoms with Crippen molar-refractivity contribution in [3.05, 3.63) is 46.2 Å². The molecule has 1 atom stereocenters. The molecule has 6 nitrogen and oxygen atoms in total. The van der Waals surface area contributed by atoms with E-state index in [-0.39, 0.29) is 16.4 Å². The van der Waals surface area contributed by atoms with Crippen molar-refractivity contribution in [3.63, 3.8) is 0 Å². The zero-order valence-corrected chi connectivity index (χ0v) is 15.9. The number of aromatic nitrogens is 2. The molecule has 1 N–H and O–H groups in total. The van der Waals surface area contributed by atoms with Gasteiger partial charge in [-0.15, -0.1) is 0 Å². The summed E-state index contributed by atoms with van der Waals surface area (Å²) in [6.45, 7) is 5.57. The van der Waals surface area contributed by atoms with Crippen LogP contribution in [0.25, 0.3) is 0 Å². The average Bonchev–Trinajstić information content (AvgIpc) is 2.89. The van der Waals surface area contributed by atoms with Gasteiger partial charge < -0.3 is 10.1 Å². The zero-order chi connectivity index (χ0) is 20.1. The molecule has 0 bridgehead atoms.